The number of ether oxygens (including phenoxy) is 1. The highest BCUT2D eigenvalue weighted by atomic mass is 35.5. The van der Waals surface area contributed by atoms with Crippen LogP contribution in [0.1, 0.15) is 26.2 Å². The number of amides is 2. The number of halogens is 1. The second kappa shape index (κ2) is 11.4. The molecule has 2 aliphatic rings. The highest BCUT2D eigenvalue weighted by Gasteiger charge is 2.44. The Morgan fingerprint density at radius 2 is 1.86 bits per heavy atom. The molecule has 1 unspecified atom stereocenters. The van der Waals surface area contributed by atoms with Gasteiger partial charge >= 0.3 is 0 Å². The average Bonchev–Trinajstić information content (AvgIpc) is 3.07. The van der Waals surface area contributed by atoms with Gasteiger partial charge in [-0.1, -0.05) is 24.6 Å². The van der Waals surface area contributed by atoms with Gasteiger partial charge in [-0.05, 0) is 86.5 Å². The third kappa shape index (κ3) is 6.12. The molecule has 2 aromatic rings. The zero-order valence-electron chi connectivity index (χ0n) is 20.1. The SMILES string of the molecule is COc1ccc(NC(=O)CC2C(=O)N(c3cccc(Cl)c3)C(=S)N2CCN2CCC(C)CC2)cc1. The molecule has 0 bridgehead atoms. The molecular weight excluding hydrogens is 484 g/mol. The number of nitrogens with zero attached hydrogens (tertiary/aromatic N) is 3. The van der Waals surface area contributed by atoms with E-state index in [4.69, 9.17) is 28.6 Å². The van der Waals surface area contributed by atoms with Crippen LogP contribution in [0.25, 0.3) is 0 Å². The summed E-state index contributed by atoms with van der Waals surface area (Å²) >= 11 is 11.9. The number of methoxy groups -OCH3 is 1. The maximum absolute atomic E-state index is 13.5. The Labute approximate surface area is 217 Å². The smallest absolute Gasteiger partial charge is 0.256 e. The summed E-state index contributed by atoms with van der Waals surface area (Å²) in [4.78, 5) is 32.3. The molecule has 0 saturated carbocycles. The molecule has 0 spiro atoms. The lowest BCUT2D eigenvalue weighted by Gasteiger charge is -2.32. The Morgan fingerprint density at radius 3 is 2.51 bits per heavy atom. The van der Waals surface area contributed by atoms with Crippen LogP contribution in [-0.4, -0.2) is 66.1 Å². The summed E-state index contributed by atoms with van der Waals surface area (Å²) < 4.78 is 5.17. The molecule has 0 radical (unpaired) electrons. The molecule has 2 amide bonds. The van der Waals surface area contributed by atoms with Crippen molar-refractivity contribution >= 4 is 52.1 Å². The van der Waals surface area contributed by atoms with E-state index >= 15 is 0 Å². The molecule has 1 N–H and O–H groups in total. The molecule has 1 atom stereocenters. The van der Waals surface area contributed by atoms with Gasteiger partial charge in [0, 0.05) is 23.8 Å². The van der Waals surface area contributed by atoms with Gasteiger partial charge in [0.2, 0.25) is 5.91 Å². The van der Waals surface area contributed by atoms with Crippen LogP contribution in [-0.2, 0) is 9.59 Å². The molecule has 7 nitrogen and oxygen atoms in total. The van der Waals surface area contributed by atoms with E-state index in [-0.39, 0.29) is 18.2 Å². The average molecular weight is 515 g/mol. The summed E-state index contributed by atoms with van der Waals surface area (Å²) in [6.07, 6.45) is 2.34. The fourth-order valence-corrected chi connectivity index (χ4v) is 5.14. The van der Waals surface area contributed by atoms with Gasteiger partial charge in [0.1, 0.15) is 11.8 Å². The zero-order chi connectivity index (χ0) is 24.9. The number of rotatable bonds is 8. The van der Waals surface area contributed by atoms with E-state index in [0.29, 0.717) is 33.8 Å². The molecule has 4 rings (SSSR count). The quantitative estimate of drug-likeness (QED) is 0.526. The predicted molar refractivity (Wildman–Crippen MR) is 143 cm³/mol. The van der Waals surface area contributed by atoms with Crippen LogP contribution < -0.4 is 15.0 Å². The molecule has 0 aliphatic carbocycles. The third-order valence-corrected chi connectivity index (χ3v) is 7.32. The number of hydrogen-bond acceptors (Lipinski definition) is 5. The van der Waals surface area contributed by atoms with Crippen molar-refractivity contribution in [3.05, 3.63) is 53.6 Å². The molecule has 2 aliphatic heterocycles. The Balaban J connectivity index is 1.50. The minimum Gasteiger partial charge on any atom is -0.497 e. The van der Waals surface area contributed by atoms with E-state index in [2.05, 4.69) is 17.1 Å². The van der Waals surface area contributed by atoms with Crippen molar-refractivity contribution in [1.29, 1.82) is 0 Å². The molecule has 35 heavy (non-hydrogen) atoms. The van der Waals surface area contributed by atoms with Gasteiger partial charge in [-0.15, -0.1) is 0 Å². The third-order valence-electron chi connectivity index (χ3n) is 6.67. The topological polar surface area (TPSA) is 65.1 Å². The predicted octanol–water partition coefficient (Wildman–Crippen LogP) is 4.41. The molecular formula is C26H31ClN4O3S. The van der Waals surface area contributed by atoms with E-state index in [1.165, 1.54) is 17.7 Å². The standard InChI is InChI=1S/C26H31ClN4O3S/c1-18-10-12-29(13-11-18)14-15-30-23(17-24(32)28-20-6-8-22(34-2)9-7-20)25(33)31(26(30)35)21-5-3-4-19(27)16-21/h3-9,16,18,23H,10-15,17H2,1-2H3,(H,28,32). The van der Waals surface area contributed by atoms with Gasteiger partial charge < -0.3 is 19.9 Å². The number of piperidine rings is 1. The summed E-state index contributed by atoms with van der Waals surface area (Å²) in [5.74, 6) is 0.985. The summed E-state index contributed by atoms with van der Waals surface area (Å²) in [6.45, 7) is 5.73. The number of likely N-dealkylation sites (tertiary alicyclic amines) is 1. The normalized spacial score (nSPS) is 19.3. The molecule has 2 aromatic carbocycles. The highest BCUT2D eigenvalue weighted by Crippen LogP contribution is 2.29. The number of hydrogen-bond donors (Lipinski definition) is 1. The maximum atomic E-state index is 13.5. The number of nitrogens with one attached hydrogen (secondary N) is 1. The van der Waals surface area contributed by atoms with Gasteiger partial charge in [-0.25, -0.2) is 0 Å². The number of benzene rings is 2. The van der Waals surface area contributed by atoms with Crippen molar-refractivity contribution < 1.29 is 14.3 Å². The zero-order valence-corrected chi connectivity index (χ0v) is 21.6. The van der Waals surface area contributed by atoms with Crippen LogP contribution in [0.2, 0.25) is 5.02 Å². The Kier molecular flexibility index (Phi) is 8.26. The first kappa shape index (κ1) is 25.4. The lowest BCUT2D eigenvalue weighted by Crippen LogP contribution is -2.44. The summed E-state index contributed by atoms with van der Waals surface area (Å²) in [7, 11) is 1.59. The minimum absolute atomic E-state index is 0.000891. The molecule has 9 heteroatoms. The fourth-order valence-electron chi connectivity index (χ4n) is 4.54. The van der Waals surface area contributed by atoms with Gasteiger partial charge in [0.05, 0.1) is 19.2 Å². The van der Waals surface area contributed by atoms with Crippen molar-refractivity contribution in [3.63, 3.8) is 0 Å². The van der Waals surface area contributed by atoms with Crippen LogP contribution in [0.3, 0.4) is 0 Å². The van der Waals surface area contributed by atoms with Crippen molar-refractivity contribution in [3.8, 4) is 5.75 Å². The minimum atomic E-state index is -0.677. The van der Waals surface area contributed by atoms with Crippen LogP contribution in [0.4, 0.5) is 11.4 Å². The van der Waals surface area contributed by atoms with E-state index in [1.54, 1.807) is 55.6 Å². The van der Waals surface area contributed by atoms with Gasteiger partial charge in [-0.3, -0.25) is 14.5 Å². The maximum Gasteiger partial charge on any atom is 0.256 e. The van der Waals surface area contributed by atoms with Crippen molar-refractivity contribution in [2.45, 2.75) is 32.2 Å². The molecule has 2 fully saturated rings. The monoisotopic (exact) mass is 514 g/mol. The van der Waals surface area contributed by atoms with Crippen LogP contribution >= 0.6 is 23.8 Å². The number of thiocarbonyl (C=S) groups is 1. The Bertz CT molecular complexity index is 1070. The Morgan fingerprint density at radius 1 is 1.14 bits per heavy atom. The van der Waals surface area contributed by atoms with Crippen LogP contribution in [0.5, 0.6) is 5.75 Å². The first-order chi connectivity index (χ1) is 16.9. The largest absolute Gasteiger partial charge is 0.497 e. The first-order valence-corrected chi connectivity index (χ1v) is 12.7. The Hall–Kier alpha value is -2.68. The van der Waals surface area contributed by atoms with E-state index in [1.807, 2.05) is 4.90 Å². The molecule has 186 valence electrons. The van der Waals surface area contributed by atoms with Crippen LogP contribution in [0.15, 0.2) is 48.5 Å². The fraction of sp³-hybridized carbons (Fsp3) is 0.423. The van der Waals surface area contributed by atoms with Gasteiger partial charge in [0.25, 0.3) is 5.91 Å². The van der Waals surface area contributed by atoms with Gasteiger partial charge in [-0.2, -0.15) is 0 Å². The lowest BCUT2D eigenvalue weighted by atomic mass is 9.99. The highest BCUT2D eigenvalue weighted by molar-refractivity contribution is 7.80. The van der Waals surface area contributed by atoms with Crippen molar-refractivity contribution in [1.82, 2.24) is 9.80 Å². The number of carbonyl (C=O) groups excluding carboxylic acids is 2. The van der Waals surface area contributed by atoms with E-state index in [0.717, 1.165) is 25.6 Å². The molecule has 2 heterocycles. The lowest BCUT2D eigenvalue weighted by molar-refractivity contribution is -0.124. The van der Waals surface area contributed by atoms with Crippen molar-refractivity contribution in [2.75, 3.05) is 43.5 Å². The summed E-state index contributed by atoms with van der Waals surface area (Å²) in [6, 6.07) is 13.5. The van der Waals surface area contributed by atoms with Crippen LogP contribution in [0, 0.1) is 5.92 Å². The molecule has 2 saturated heterocycles. The number of anilines is 2. The van der Waals surface area contributed by atoms with E-state index < -0.39 is 6.04 Å². The van der Waals surface area contributed by atoms with Gasteiger partial charge in [0.15, 0.2) is 5.11 Å². The van der Waals surface area contributed by atoms with E-state index in [9.17, 15) is 9.59 Å². The van der Waals surface area contributed by atoms with Crippen molar-refractivity contribution in [2.24, 2.45) is 5.92 Å². The first-order valence-electron chi connectivity index (χ1n) is 11.9. The second-order valence-corrected chi connectivity index (χ2v) is 9.95. The number of carbonyl (C=O) groups is 2. The molecule has 0 aromatic heterocycles. The summed E-state index contributed by atoms with van der Waals surface area (Å²) in [5, 5.41) is 3.81. The second-order valence-electron chi connectivity index (χ2n) is 9.15. The summed E-state index contributed by atoms with van der Waals surface area (Å²) in [5.41, 5.74) is 1.26.